The second-order valence-corrected chi connectivity index (χ2v) is 7.39. The second-order valence-electron chi connectivity index (χ2n) is 7.39. The first-order valence-corrected chi connectivity index (χ1v) is 9.70. The standard InChI is InChI=1S/C21H26N4O2/c1-15-3-2-4-16(11-15)13-22-20(26)17-5-6-19-18(12-17)14-23-21(24-19)25-7-9-27-10-8-25/h2-4,11,14,17H,5-10,12-13H2,1H3,(H,22,26)/t17-/m1/s1. The van der Waals surface area contributed by atoms with E-state index in [2.05, 4.69) is 34.3 Å². The number of carbonyl (C=O) groups is 1. The fourth-order valence-corrected chi connectivity index (χ4v) is 3.79. The van der Waals surface area contributed by atoms with Crippen LogP contribution < -0.4 is 10.2 Å². The summed E-state index contributed by atoms with van der Waals surface area (Å²) in [5, 5.41) is 3.09. The molecule has 1 amide bonds. The molecular formula is C21H26N4O2. The fraction of sp³-hybridized carbons (Fsp3) is 0.476. The summed E-state index contributed by atoms with van der Waals surface area (Å²) in [4.78, 5) is 24.1. The molecule has 1 N–H and O–H groups in total. The SMILES string of the molecule is Cc1cccc(CNC(=O)[C@@H]2CCc3nc(N4CCOCC4)ncc3C2)c1. The molecule has 1 aliphatic heterocycles. The molecule has 1 atom stereocenters. The maximum atomic E-state index is 12.6. The van der Waals surface area contributed by atoms with E-state index < -0.39 is 0 Å². The minimum absolute atomic E-state index is 0.000135. The van der Waals surface area contributed by atoms with Gasteiger partial charge in [-0.05, 0) is 37.3 Å². The molecule has 1 aromatic carbocycles. The zero-order valence-electron chi connectivity index (χ0n) is 15.8. The highest BCUT2D eigenvalue weighted by molar-refractivity contribution is 5.79. The number of anilines is 1. The molecule has 0 radical (unpaired) electrons. The number of hydrogen-bond acceptors (Lipinski definition) is 5. The lowest BCUT2D eigenvalue weighted by molar-refractivity contribution is -0.125. The largest absolute Gasteiger partial charge is 0.378 e. The van der Waals surface area contributed by atoms with E-state index in [0.717, 1.165) is 68.3 Å². The predicted molar refractivity (Wildman–Crippen MR) is 104 cm³/mol. The van der Waals surface area contributed by atoms with Crippen molar-refractivity contribution in [2.45, 2.75) is 32.7 Å². The number of aromatic nitrogens is 2. The van der Waals surface area contributed by atoms with E-state index in [0.29, 0.717) is 6.54 Å². The van der Waals surface area contributed by atoms with Crippen molar-refractivity contribution in [3.05, 3.63) is 52.8 Å². The Labute approximate surface area is 160 Å². The average Bonchev–Trinajstić information content (AvgIpc) is 2.72. The monoisotopic (exact) mass is 366 g/mol. The average molecular weight is 366 g/mol. The topological polar surface area (TPSA) is 67.4 Å². The van der Waals surface area contributed by atoms with Gasteiger partial charge in [0.2, 0.25) is 11.9 Å². The van der Waals surface area contributed by atoms with Crippen LogP contribution >= 0.6 is 0 Å². The normalized spacial score (nSPS) is 19.4. The van der Waals surface area contributed by atoms with E-state index in [1.807, 2.05) is 18.3 Å². The maximum Gasteiger partial charge on any atom is 0.225 e. The Hall–Kier alpha value is -2.47. The van der Waals surface area contributed by atoms with Crippen LogP contribution in [0, 0.1) is 12.8 Å². The number of aryl methyl sites for hydroxylation is 2. The first-order valence-electron chi connectivity index (χ1n) is 9.70. The highest BCUT2D eigenvalue weighted by Gasteiger charge is 2.26. The number of rotatable bonds is 4. The molecule has 6 heteroatoms. The van der Waals surface area contributed by atoms with E-state index >= 15 is 0 Å². The number of morpholine rings is 1. The molecule has 1 aromatic heterocycles. The van der Waals surface area contributed by atoms with Gasteiger partial charge in [0, 0.05) is 37.4 Å². The second kappa shape index (κ2) is 8.05. The van der Waals surface area contributed by atoms with Crippen LogP contribution in [0.25, 0.3) is 0 Å². The predicted octanol–water partition coefficient (Wildman–Crippen LogP) is 2.04. The first kappa shape index (κ1) is 17.9. The van der Waals surface area contributed by atoms with Gasteiger partial charge in [0.25, 0.3) is 0 Å². The molecule has 1 aliphatic carbocycles. The van der Waals surface area contributed by atoms with Gasteiger partial charge >= 0.3 is 0 Å². The van der Waals surface area contributed by atoms with Crippen LogP contribution in [0.15, 0.2) is 30.5 Å². The summed E-state index contributed by atoms with van der Waals surface area (Å²) in [5.41, 5.74) is 4.54. The number of fused-ring (bicyclic) bond motifs is 1. The highest BCUT2D eigenvalue weighted by Crippen LogP contribution is 2.25. The van der Waals surface area contributed by atoms with E-state index in [4.69, 9.17) is 9.72 Å². The molecule has 142 valence electrons. The van der Waals surface area contributed by atoms with Crippen LogP contribution in [0.4, 0.5) is 5.95 Å². The fourth-order valence-electron chi connectivity index (χ4n) is 3.79. The Morgan fingerprint density at radius 2 is 2.19 bits per heavy atom. The van der Waals surface area contributed by atoms with Crippen LogP contribution in [0.1, 0.15) is 28.8 Å². The Morgan fingerprint density at radius 1 is 1.33 bits per heavy atom. The molecule has 0 saturated carbocycles. The van der Waals surface area contributed by atoms with E-state index in [-0.39, 0.29) is 11.8 Å². The van der Waals surface area contributed by atoms with Gasteiger partial charge in [-0.25, -0.2) is 9.97 Å². The third-order valence-corrected chi connectivity index (χ3v) is 5.35. The molecule has 0 bridgehead atoms. The summed E-state index contributed by atoms with van der Waals surface area (Å²) in [6.45, 7) is 5.77. The minimum Gasteiger partial charge on any atom is -0.378 e. The molecule has 2 aliphatic rings. The summed E-state index contributed by atoms with van der Waals surface area (Å²) in [7, 11) is 0. The molecule has 1 fully saturated rings. The zero-order chi connectivity index (χ0) is 18.6. The quantitative estimate of drug-likeness (QED) is 0.897. The smallest absolute Gasteiger partial charge is 0.225 e. The van der Waals surface area contributed by atoms with Crippen molar-refractivity contribution < 1.29 is 9.53 Å². The van der Waals surface area contributed by atoms with Crippen LogP contribution in [-0.2, 0) is 28.9 Å². The van der Waals surface area contributed by atoms with Crippen molar-refractivity contribution in [3.8, 4) is 0 Å². The minimum atomic E-state index is 0.000135. The van der Waals surface area contributed by atoms with Crippen molar-refractivity contribution in [3.63, 3.8) is 0 Å². The molecule has 2 heterocycles. The summed E-state index contributed by atoms with van der Waals surface area (Å²) < 4.78 is 5.39. The van der Waals surface area contributed by atoms with E-state index in [9.17, 15) is 4.79 Å². The Morgan fingerprint density at radius 3 is 3.00 bits per heavy atom. The zero-order valence-corrected chi connectivity index (χ0v) is 15.8. The lowest BCUT2D eigenvalue weighted by Crippen LogP contribution is -2.38. The van der Waals surface area contributed by atoms with Crippen LogP contribution in [-0.4, -0.2) is 42.2 Å². The van der Waals surface area contributed by atoms with Gasteiger partial charge in [-0.15, -0.1) is 0 Å². The molecule has 2 aromatic rings. The van der Waals surface area contributed by atoms with Gasteiger partial charge < -0.3 is 15.0 Å². The molecule has 0 unspecified atom stereocenters. The van der Waals surface area contributed by atoms with Gasteiger partial charge in [0.1, 0.15) is 0 Å². The first-order chi connectivity index (χ1) is 13.2. The Balaban J connectivity index is 1.37. The maximum absolute atomic E-state index is 12.6. The van der Waals surface area contributed by atoms with E-state index in [1.54, 1.807) is 0 Å². The van der Waals surface area contributed by atoms with Gasteiger partial charge in [-0.2, -0.15) is 0 Å². The molecule has 27 heavy (non-hydrogen) atoms. The molecule has 0 spiro atoms. The van der Waals surface area contributed by atoms with Gasteiger partial charge in [0.05, 0.1) is 13.2 Å². The van der Waals surface area contributed by atoms with E-state index in [1.165, 1.54) is 5.56 Å². The van der Waals surface area contributed by atoms with Gasteiger partial charge in [-0.3, -0.25) is 4.79 Å². The van der Waals surface area contributed by atoms with Crippen molar-refractivity contribution in [2.24, 2.45) is 5.92 Å². The van der Waals surface area contributed by atoms with Crippen LogP contribution in [0.5, 0.6) is 0 Å². The van der Waals surface area contributed by atoms with Crippen LogP contribution in [0.3, 0.4) is 0 Å². The number of benzene rings is 1. The lowest BCUT2D eigenvalue weighted by Gasteiger charge is -2.28. The number of hydrogen-bond donors (Lipinski definition) is 1. The molecule has 4 rings (SSSR count). The third-order valence-electron chi connectivity index (χ3n) is 5.35. The van der Waals surface area contributed by atoms with Crippen molar-refractivity contribution in [2.75, 3.05) is 31.2 Å². The summed E-state index contributed by atoms with van der Waals surface area (Å²) in [6, 6.07) is 8.24. The Kier molecular flexibility index (Phi) is 5.34. The third kappa shape index (κ3) is 4.27. The van der Waals surface area contributed by atoms with Crippen molar-refractivity contribution >= 4 is 11.9 Å². The van der Waals surface area contributed by atoms with Crippen molar-refractivity contribution in [1.29, 1.82) is 0 Å². The number of carbonyl (C=O) groups excluding carboxylic acids is 1. The van der Waals surface area contributed by atoms with Gasteiger partial charge in [0.15, 0.2) is 0 Å². The molecular weight excluding hydrogens is 340 g/mol. The highest BCUT2D eigenvalue weighted by atomic mass is 16.5. The number of amides is 1. The molecule has 1 saturated heterocycles. The summed E-state index contributed by atoms with van der Waals surface area (Å²) in [6.07, 6.45) is 4.30. The number of ether oxygens (including phenoxy) is 1. The lowest BCUT2D eigenvalue weighted by atomic mass is 9.86. The summed E-state index contributed by atoms with van der Waals surface area (Å²) >= 11 is 0. The van der Waals surface area contributed by atoms with Crippen molar-refractivity contribution in [1.82, 2.24) is 15.3 Å². The number of nitrogens with one attached hydrogen (secondary N) is 1. The number of nitrogens with zero attached hydrogens (tertiary/aromatic N) is 3. The van der Waals surface area contributed by atoms with Crippen LogP contribution in [0.2, 0.25) is 0 Å². The molecule has 6 nitrogen and oxygen atoms in total. The Bertz CT molecular complexity index is 818. The summed E-state index contributed by atoms with van der Waals surface area (Å²) in [5.74, 6) is 0.916. The van der Waals surface area contributed by atoms with Gasteiger partial charge in [-0.1, -0.05) is 29.8 Å².